The maximum atomic E-state index is 12.6. The number of amides is 1. The summed E-state index contributed by atoms with van der Waals surface area (Å²) in [5.41, 5.74) is 3.23. The second kappa shape index (κ2) is 8.73. The van der Waals surface area contributed by atoms with Crippen LogP contribution < -0.4 is 5.32 Å². The van der Waals surface area contributed by atoms with Crippen LogP contribution in [0.2, 0.25) is 0 Å². The first-order chi connectivity index (χ1) is 14.9. The Morgan fingerprint density at radius 2 is 1.55 bits per heavy atom. The first-order valence-corrected chi connectivity index (χ1v) is 10.3. The Labute approximate surface area is 181 Å². The van der Waals surface area contributed by atoms with Gasteiger partial charge < -0.3 is 5.32 Å². The van der Waals surface area contributed by atoms with Crippen molar-refractivity contribution in [1.82, 2.24) is 4.98 Å². The predicted molar refractivity (Wildman–Crippen MR) is 117 cm³/mol. The Balaban J connectivity index is 1.38. The third-order valence-corrected chi connectivity index (χ3v) is 5.53. The molecule has 1 heterocycles. The van der Waals surface area contributed by atoms with E-state index >= 15 is 0 Å². The number of aromatic nitrogens is 1. The number of anilines is 1. The average Bonchev–Trinajstić information content (AvgIpc) is 3.25. The van der Waals surface area contributed by atoms with Crippen molar-refractivity contribution in [3.05, 3.63) is 95.4 Å². The lowest BCUT2D eigenvalue weighted by Crippen LogP contribution is -2.14. The van der Waals surface area contributed by atoms with Crippen molar-refractivity contribution in [3.63, 3.8) is 0 Å². The summed E-state index contributed by atoms with van der Waals surface area (Å²) in [6.45, 7) is 0. The zero-order chi connectivity index (χ0) is 21.8. The van der Waals surface area contributed by atoms with E-state index in [2.05, 4.69) is 10.3 Å². The van der Waals surface area contributed by atoms with E-state index in [9.17, 15) is 18.0 Å². The van der Waals surface area contributed by atoms with Gasteiger partial charge in [0.05, 0.1) is 17.7 Å². The van der Waals surface area contributed by atoms with Crippen LogP contribution in [0.5, 0.6) is 0 Å². The smallest absolute Gasteiger partial charge is 0.326 e. The number of nitrogens with one attached hydrogen (secondary N) is 1. The van der Waals surface area contributed by atoms with Crippen molar-refractivity contribution in [1.29, 1.82) is 0 Å². The topological polar surface area (TPSA) is 42.0 Å². The molecule has 1 N–H and O–H groups in total. The van der Waals surface area contributed by atoms with Crippen LogP contribution in [-0.4, -0.2) is 10.9 Å². The molecule has 1 amide bonds. The lowest BCUT2D eigenvalue weighted by molar-refractivity contribution is -0.137. The van der Waals surface area contributed by atoms with E-state index < -0.39 is 11.7 Å². The third kappa shape index (κ3) is 5.19. The molecule has 1 aromatic heterocycles. The number of rotatable bonds is 5. The highest BCUT2D eigenvalue weighted by molar-refractivity contribution is 7.13. The van der Waals surface area contributed by atoms with Crippen LogP contribution in [0.25, 0.3) is 21.8 Å². The Kier molecular flexibility index (Phi) is 5.86. The maximum Gasteiger partial charge on any atom is 0.416 e. The second-order valence-electron chi connectivity index (χ2n) is 6.90. The molecule has 0 spiro atoms. The van der Waals surface area contributed by atoms with Gasteiger partial charge in [0.25, 0.3) is 0 Å². The Morgan fingerprint density at radius 3 is 2.19 bits per heavy atom. The summed E-state index contributed by atoms with van der Waals surface area (Å²) in [7, 11) is 0. The van der Waals surface area contributed by atoms with Gasteiger partial charge in [-0.1, -0.05) is 54.6 Å². The van der Waals surface area contributed by atoms with Gasteiger partial charge in [-0.15, -0.1) is 11.3 Å². The number of thiazole rings is 1. The molecule has 0 bridgehead atoms. The molecule has 0 atom stereocenters. The Bertz CT molecular complexity index is 1170. The van der Waals surface area contributed by atoms with Gasteiger partial charge in [0.15, 0.2) is 0 Å². The van der Waals surface area contributed by atoms with Crippen LogP contribution in [-0.2, 0) is 17.4 Å². The highest BCUT2D eigenvalue weighted by atomic mass is 32.1. The van der Waals surface area contributed by atoms with Gasteiger partial charge in [-0.3, -0.25) is 4.79 Å². The lowest BCUT2D eigenvalue weighted by Gasteiger charge is -2.08. The number of benzene rings is 3. The summed E-state index contributed by atoms with van der Waals surface area (Å²) in [5, 5.41) is 5.69. The SMILES string of the molecule is O=C(Cc1ccc(C(F)(F)F)cc1)Nc1ccc(-c2csc(-c3ccccc3)n2)cc1. The second-order valence-corrected chi connectivity index (χ2v) is 7.76. The van der Waals surface area contributed by atoms with Crippen LogP contribution in [0.3, 0.4) is 0 Å². The molecule has 0 radical (unpaired) electrons. The van der Waals surface area contributed by atoms with Crippen molar-refractivity contribution < 1.29 is 18.0 Å². The van der Waals surface area contributed by atoms with E-state index in [0.29, 0.717) is 11.3 Å². The van der Waals surface area contributed by atoms with Crippen molar-refractivity contribution in [2.24, 2.45) is 0 Å². The minimum atomic E-state index is -4.39. The molecule has 0 saturated carbocycles. The summed E-state index contributed by atoms with van der Waals surface area (Å²) in [6, 6.07) is 21.8. The number of halogens is 3. The molecular formula is C24H17F3N2OS. The first kappa shape index (κ1) is 20.8. The van der Waals surface area contributed by atoms with Crippen LogP contribution in [0, 0.1) is 0 Å². The van der Waals surface area contributed by atoms with Crippen molar-refractivity contribution in [2.45, 2.75) is 12.6 Å². The van der Waals surface area contributed by atoms with Crippen molar-refractivity contribution in [2.75, 3.05) is 5.32 Å². The quantitative estimate of drug-likeness (QED) is 0.378. The summed E-state index contributed by atoms with van der Waals surface area (Å²) in [6.07, 6.45) is -4.39. The number of hydrogen-bond acceptors (Lipinski definition) is 3. The summed E-state index contributed by atoms with van der Waals surface area (Å²) in [4.78, 5) is 16.9. The Morgan fingerprint density at radius 1 is 0.871 bits per heavy atom. The predicted octanol–water partition coefficient (Wildman–Crippen LogP) is 6.68. The van der Waals surface area contributed by atoms with Crippen molar-refractivity contribution in [3.8, 4) is 21.8 Å². The maximum absolute atomic E-state index is 12.6. The van der Waals surface area contributed by atoms with Gasteiger partial charge in [-0.25, -0.2) is 4.98 Å². The van der Waals surface area contributed by atoms with E-state index in [4.69, 9.17) is 0 Å². The molecule has 0 aliphatic carbocycles. The molecular weight excluding hydrogens is 421 g/mol. The number of carbonyl (C=O) groups excluding carboxylic acids is 1. The van der Waals surface area contributed by atoms with Crippen LogP contribution in [0.4, 0.5) is 18.9 Å². The molecule has 0 fully saturated rings. The third-order valence-electron chi connectivity index (χ3n) is 4.64. The molecule has 0 aliphatic heterocycles. The Hall–Kier alpha value is -3.45. The van der Waals surface area contributed by atoms with Gasteiger partial charge in [0.2, 0.25) is 5.91 Å². The number of hydrogen-bond donors (Lipinski definition) is 1. The minimum absolute atomic E-state index is 0.00753. The fraction of sp³-hybridized carbons (Fsp3) is 0.0833. The van der Waals surface area contributed by atoms with E-state index in [1.807, 2.05) is 47.8 Å². The van der Waals surface area contributed by atoms with Crippen LogP contribution in [0.1, 0.15) is 11.1 Å². The molecule has 3 aromatic carbocycles. The number of alkyl halides is 3. The average molecular weight is 438 g/mol. The molecule has 3 nitrogen and oxygen atoms in total. The van der Waals surface area contributed by atoms with Crippen molar-refractivity contribution >= 4 is 22.9 Å². The standard InChI is InChI=1S/C24H17F3N2OS/c25-24(26,27)19-10-6-16(7-11-19)14-22(30)28-20-12-8-17(9-13-20)21-15-31-23(29-21)18-4-2-1-3-5-18/h1-13,15H,14H2,(H,28,30). The largest absolute Gasteiger partial charge is 0.416 e. The number of nitrogens with zero attached hydrogens (tertiary/aromatic N) is 1. The van der Waals surface area contributed by atoms with Gasteiger partial charge in [-0.05, 0) is 29.8 Å². The zero-order valence-corrected chi connectivity index (χ0v) is 17.0. The zero-order valence-electron chi connectivity index (χ0n) is 16.2. The molecule has 7 heteroatoms. The van der Waals surface area contributed by atoms with E-state index in [-0.39, 0.29) is 12.3 Å². The molecule has 4 aromatic rings. The minimum Gasteiger partial charge on any atom is -0.326 e. The summed E-state index contributed by atoms with van der Waals surface area (Å²) in [5.74, 6) is -0.299. The highest BCUT2D eigenvalue weighted by Gasteiger charge is 2.29. The summed E-state index contributed by atoms with van der Waals surface area (Å²) >= 11 is 1.56. The molecule has 4 rings (SSSR count). The molecule has 156 valence electrons. The van der Waals surface area contributed by atoms with E-state index in [1.165, 1.54) is 12.1 Å². The van der Waals surface area contributed by atoms with Crippen LogP contribution in [0.15, 0.2) is 84.2 Å². The lowest BCUT2D eigenvalue weighted by atomic mass is 10.1. The molecule has 0 aliphatic rings. The highest BCUT2D eigenvalue weighted by Crippen LogP contribution is 2.30. The van der Waals surface area contributed by atoms with E-state index in [0.717, 1.165) is 34.0 Å². The number of carbonyl (C=O) groups is 1. The van der Waals surface area contributed by atoms with Gasteiger partial charge >= 0.3 is 6.18 Å². The first-order valence-electron chi connectivity index (χ1n) is 9.46. The fourth-order valence-corrected chi connectivity index (χ4v) is 3.88. The molecule has 31 heavy (non-hydrogen) atoms. The van der Waals surface area contributed by atoms with E-state index in [1.54, 1.807) is 23.5 Å². The normalized spacial score (nSPS) is 11.3. The monoisotopic (exact) mass is 438 g/mol. The molecule has 0 unspecified atom stereocenters. The fourth-order valence-electron chi connectivity index (χ4n) is 3.05. The van der Waals surface area contributed by atoms with Crippen LogP contribution >= 0.6 is 11.3 Å². The van der Waals surface area contributed by atoms with Gasteiger partial charge in [0, 0.05) is 22.2 Å². The summed E-state index contributed by atoms with van der Waals surface area (Å²) < 4.78 is 37.9. The van der Waals surface area contributed by atoms with Gasteiger partial charge in [0.1, 0.15) is 5.01 Å². The van der Waals surface area contributed by atoms with Gasteiger partial charge in [-0.2, -0.15) is 13.2 Å². The molecule has 0 saturated heterocycles.